The van der Waals surface area contributed by atoms with Crippen molar-refractivity contribution in [2.75, 3.05) is 5.32 Å². The van der Waals surface area contributed by atoms with Crippen molar-refractivity contribution in [2.24, 2.45) is 0 Å². The van der Waals surface area contributed by atoms with Gasteiger partial charge in [-0.05, 0) is 30.5 Å². The molecule has 2 aromatic rings. The van der Waals surface area contributed by atoms with Crippen molar-refractivity contribution in [3.05, 3.63) is 50.6 Å². The summed E-state index contributed by atoms with van der Waals surface area (Å²) in [5, 5.41) is 18.1. The van der Waals surface area contributed by atoms with Gasteiger partial charge >= 0.3 is 6.18 Å². The van der Waals surface area contributed by atoms with Crippen LogP contribution in [0, 0.1) is 11.3 Å². The lowest BCUT2D eigenvalue weighted by Gasteiger charge is -2.13. The number of nitriles is 1. The standard InChI is InChI=1S/C16H16F3N5O/c1-3-10-11(15(25)24-23-12(10)4-2)8-21-14-9(7-20)5-6-13(22-14)16(17,18)19/h5-6H,3-4,8H2,1-2H3,(H,21,22)(H,24,25). The Morgan fingerprint density at radius 3 is 2.52 bits per heavy atom. The second-order valence-corrected chi connectivity index (χ2v) is 5.22. The van der Waals surface area contributed by atoms with Gasteiger partial charge in [0.15, 0.2) is 0 Å². The van der Waals surface area contributed by atoms with Crippen molar-refractivity contribution in [1.29, 1.82) is 5.26 Å². The molecule has 6 nitrogen and oxygen atoms in total. The van der Waals surface area contributed by atoms with E-state index in [0.29, 0.717) is 18.4 Å². The number of hydrogen-bond acceptors (Lipinski definition) is 5. The number of alkyl halides is 3. The van der Waals surface area contributed by atoms with Crippen LogP contribution in [0.25, 0.3) is 0 Å². The second-order valence-electron chi connectivity index (χ2n) is 5.22. The van der Waals surface area contributed by atoms with E-state index in [9.17, 15) is 18.0 Å². The number of anilines is 1. The number of hydrogen-bond donors (Lipinski definition) is 2. The normalized spacial score (nSPS) is 11.2. The molecule has 0 fully saturated rings. The van der Waals surface area contributed by atoms with Crippen molar-refractivity contribution in [2.45, 2.75) is 39.4 Å². The topological polar surface area (TPSA) is 94.5 Å². The first-order valence-electron chi connectivity index (χ1n) is 7.63. The van der Waals surface area contributed by atoms with E-state index in [4.69, 9.17) is 5.26 Å². The molecular formula is C16H16F3N5O. The Balaban J connectivity index is 2.40. The quantitative estimate of drug-likeness (QED) is 0.864. The summed E-state index contributed by atoms with van der Waals surface area (Å²) in [5.41, 5.74) is 0.264. The number of halogens is 3. The molecule has 0 aliphatic carbocycles. The average Bonchev–Trinajstić information content (AvgIpc) is 2.59. The maximum Gasteiger partial charge on any atom is 0.433 e. The van der Waals surface area contributed by atoms with Crippen LogP contribution in [-0.2, 0) is 25.6 Å². The lowest BCUT2D eigenvalue weighted by Crippen LogP contribution is -2.23. The second kappa shape index (κ2) is 7.34. The SMILES string of the molecule is CCc1n[nH]c(=O)c(CNc2nc(C(F)(F)F)ccc2C#N)c1CC. The highest BCUT2D eigenvalue weighted by Gasteiger charge is 2.33. The maximum atomic E-state index is 12.8. The summed E-state index contributed by atoms with van der Waals surface area (Å²) in [6.07, 6.45) is -3.46. The minimum Gasteiger partial charge on any atom is -0.365 e. The van der Waals surface area contributed by atoms with Crippen LogP contribution >= 0.6 is 0 Å². The van der Waals surface area contributed by atoms with E-state index in [1.54, 1.807) is 6.07 Å². The van der Waals surface area contributed by atoms with Gasteiger partial charge in [0.1, 0.15) is 17.6 Å². The van der Waals surface area contributed by atoms with E-state index in [1.807, 2.05) is 13.8 Å². The Morgan fingerprint density at radius 1 is 1.24 bits per heavy atom. The van der Waals surface area contributed by atoms with Crippen LogP contribution in [0.5, 0.6) is 0 Å². The molecule has 0 aliphatic rings. The van der Waals surface area contributed by atoms with Crippen LogP contribution < -0.4 is 10.9 Å². The van der Waals surface area contributed by atoms with E-state index >= 15 is 0 Å². The monoisotopic (exact) mass is 351 g/mol. The largest absolute Gasteiger partial charge is 0.433 e. The highest BCUT2D eigenvalue weighted by molar-refractivity contribution is 5.53. The zero-order chi connectivity index (χ0) is 18.6. The van der Waals surface area contributed by atoms with E-state index < -0.39 is 17.4 Å². The molecule has 0 saturated heterocycles. The number of aromatic nitrogens is 3. The molecule has 2 rings (SSSR count). The van der Waals surface area contributed by atoms with Crippen molar-refractivity contribution in [3.8, 4) is 6.07 Å². The van der Waals surface area contributed by atoms with Crippen molar-refractivity contribution in [1.82, 2.24) is 15.2 Å². The first kappa shape index (κ1) is 18.4. The van der Waals surface area contributed by atoms with E-state index in [-0.39, 0.29) is 17.9 Å². The first-order chi connectivity index (χ1) is 11.8. The lowest BCUT2D eigenvalue weighted by molar-refractivity contribution is -0.141. The van der Waals surface area contributed by atoms with Crippen LogP contribution in [0.1, 0.15) is 41.9 Å². The van der Waals surface area contributed by atoms with Crippen LogP contribution in [-0.4, -0.2) is 15.2 Å². The third-order valence-corrected chi connectivity index (χ3v) is 3.71. The fourth-order valence-corrected chi connectivity index (χ4v) is 2.48. The van der Waals surface area contributed by atoms with Gasteiger partial charge in [0.25, 0.3) is 5.56 Å². The summed E-state index contributed by atoms with van der Waals surface area (Å²) in [6.45, 7) is 3.69. The zero-order valence-electron chi connectivity index (χ0n) is 13.7. The summed E-state index contributed by atoms with van der Waals surface area (Å²) in [6, 6.07) is 3.58. The zero-order valence-corrected chi connectivity index (χ0v) is 13.7. The van der Waals surface area contributed by atoms with Crippen molar-refractivity contribution >= 4 is 5.82 Å². The predicted octanol–water partition coefficient (Wildman–Crippen LogP) is 2.79. The number of aromatic amines is 1. The molecule has 2 aromatic heterocycles. The third kappa shape index (κ3) is 3.96. The molecule has 9 heteroatoms. The summed E-state index contributed by atoms with van der Waals surface area (Å²) in [4.78, 5) is 15.5. The van der Waals surface area contributed by atoms with Crippen molar-refractivity contribution < 1.29 is 13.2 Å². The molecule has 0 aliphatic heterocycles. The molecule has 132 valence electrons. The highest BCUT2D eigenvalue weighted by Crippen LogP contribution is 2.29. The number of nitrogens with one attached hydrogen (secondary N) is 2. The number of H-pyrrole nitrogens is 1. The molecule has 0 aromatic carbocycles. The number of aryl methyl sites for hydroxylation is 1. The van der Waals surface area contributed by atoms with Gasteiger partial charge in [-0.3, -0.25) is 4.79 Å². The van der Waals surface area contributed by atoms with Crippen LogP contribution in [0.3, 0.4) is 0 Å². The number of nitrogens with zero attached hydrogens (tertiary/aromatic N) is 3. The molecule has 0 spiro atoms. The Labute approximate surface area is 141 Å². The molecule has 2 heterocycles. The minimum absolute atomic E-state index is 0.0350. The van der Waals surface area contributed by atoms with Gasteiger partial charge in [-0.15, -0.1) is 0 Å². The molecule has 0 atom stereocenters. The summed E-state index contributed by atoms with van der Waals surface area (Å²) in [7, 11) is 0. The third-order valence-electron chi connectivity index (χ3n) is 3.71. The Hall–Kier alpha value is -2.89. The smallest absolute Gasteiger partial charge is 0.365 e. The fourth-order valence-electron chi connectivity index (χ4n) is 2.48. The fraction of sp³-hybridized carbons (Fsp3) is 0.375. The van der Waals surface area contributed by atoms with Gasteiger partial charge in [-0.2, -0.15) is 23.5 Å². The average molecular weight is 351 g/mol. The molecule has 0 amide bonds. The summed E-state index contributed by atoms with van der Waals surface area (Å²) >= 11 is 0. The van der Waals surface area contributed by atoms with Crippen LogP contribution in [0.4, 0.5) is 19.0 Å². The van der Waals surface area contributed by atoms with E-state index in [2.05, 4.69) is 20.5 Å². The van der Waals surface area contributed by atoms with Crippen molar-refractivity contribution in [3.63, 3.8) is 0 Å². The highest BCUT2D eigenvalue weighted by atomic mass is 19.4. The van der Waals surface area contributed by atoms with Gasteiger partial charge in [0.2, 0.25) is 0 Å². The predicted molar refractivity (Wildman–Crippen MR) is 84.9 cm³/mol. The molecule has 2 N–H and O–H groups in total. The summed E-state index contributed by atoms with van der Waals surface area (Å²) in [5.74, 6) is -0.214. The Kier molecular flexibility index (Phi) is 5.41. The van der Waals surface area contributed by atoms with Gasteiger partial charge in [0.05, 0.1) is 11.3 Å². The Bertz CT molecular complexity index is 868. The molecule has 0 saturated carbocycles. The Morgan fingerprint density at radius 2 is 1.96 bits per heavy atom. The molecule has 0 bridgehead atoms. The van der Waals surface area contributed by atoms with Gasteiger partial charge in [0, 0.05) is 12.1 Å². The minimum atomic E-state index is -4.62. The maximum absolute atomic E-state index is 12.8. The van der Waals surface area contributed by atoms with E-state index in [1.165, 1.54) is 0 Å². The van der Waals surface area contributed by atoms with E-state index in [0.717, 1.165) is 23.4 Å². The molecule has 25 heavy (non-hydrogen) atoms. The number of pyridine rings is 1. The van der Waals surface area contributed by atoms with Gasteiger partial charge in [-0.1, -0.05) is 13.8 Å². The molecule has 0 radical (unpaired) electrons. The van der Waals surface area contributed by atoms with Gasteiger partial charge < -0.3 is 5.32 Å². The van der Waals surface area contributed by atoms with Crippen LogP contribution in [0.2, 0.25) is 0 Å². The summed E-state index contributed by atoms with van der Waals surface area (Å²) < 4.78 is 38.4. The first-order valence-corrected chi connectivity index (χ1v) is 7.63. The molecular weight excluding hydrogens is 335 g/mol. The molecule has 0 unspecified atom stereocenters. The van der Waals surface area contributed by atoms with Gasteiger partial charge in [-0.25, -0.2) is 10.1 Å². The lowest BCUT2D eigenvalue weighted by atomic mass is 10.0. The number of rotatable bonds is 5. The van der Waals surface area contributed by atoms with Crippen LogP contribution in [0.15, 0.2) is 16.9 Å².